The summed E-state index contributed by atoms with van der Waals surface area (Å²) >= 11 is 0. The molecule has 162 valence electrons. The third kappa shape index (κ3) is 5.50. The van der Waals surface area contributed by atoms with Crippen molar-refractivity contribution >= 4 is 6.21 Å². The van der Waals surface area contributed by atoms with Crippen molar-refractivity contribution in [2.45, 2.75) is 91.9 Å². The number of rotatable bonds is 5. The molecule has 0 aromatic heterocycles. The molecule has 0 N–H and O–H groups in total. The normalized spacial score (nSPS) is 39.8. The van der Waals surface area contributed by atoms with Gasteiger partial charge in [-0.2, -0.15) is 0 Å². The van der Waals surface area contributed by atoms with E-state index in [0.29, 0.717) is 11.3 Å². The summed E-state index contributed by atoms with van der Waals surface area (Å²) in [6.45, 7) is 9.07. The van der Waals surface area contributed by atoms with E-state index in [1.165, 1.54) is 63.4 Å². The second-order valence-electron chi connectivity index (χ2n) is 10.4. The molecule has 2 fully saturated rings. The van der Waals surface area contributed by atoms with Crippen molar-refractivity contribution in [1.29, 1.82) is 0 Å². The molecule has 3 aliphatic rings. The summed E-state index contributed by atoms with van der Waals surface area (Å²) in [6, 6.07) is 0. The van der Waals surface area contributed by atoms with Crippen LogP contribution in [-0.4, -0.2) is 6.21 Å². The summed E-state index contributed by atoms with van der Waals surface area (Å²) < 4.78 is 14.9. The fourth-order valence-corrected chi connectivity index (χ4v) is 6.32. The molecule has 0 spiro atoms. The van der Waals surface area contributed by atoms with Crippen molar-refractivity contribution in [2.24, 2.45) is 40.0 Å². The predicted octanol–water partition coefficient (Wildman–Crippen LogP) is 8.44. The second kappa shape index (κ2) is 10.2. The topological polar surface area (TPSA) is 12.4 Å². The fraction of sp³-hybridized carbons (Fsp3) is 0.741. The molecule has 2 heteroatoms. The van der Waals surface area contributed by atoms with Crippen LogP contribution < -0.4 is 0 Å². The molecule has 0 bridgehead atoms. The van der Waals surface area contributed by atoms with Gasteiger partial charge in [-0.25, -0.2) is 4.39 Å². The van der Waals surface area contributed by atoms with Crippen LogP contribution >= 0.6 is 0 Å². The van der Waals surface area contributed by atoms with E-state index in [1.54, 1.807) is 6.08 Å². The molecule has 0 aliphatic heterocycles. The van der Waals surface area contributed by atoms with E-state index >= 15 is 0 Å². The average molecular weight is 400 g/mol. The minimum absolute atomic E-state index is 0.000447. The van der Waals surface area contributed by atoms with Crippen LogP contribution in [0.15, 0.2) is 40.8 Å². The van der Waals surface area contributed by atoms with Crippen molar-refractivity contribution in [3.63, 3.8) is 0 Å². The van der Waals surface area contributed by atoms with E-state index in [0.717, 1.165) is 18.3 Å². The Bertz CT molecular complexity index is 647. The van der Waals surface area contributed by atoms with Gasteiger partial charge in [-0.3, -0.25) is 4.99 Å². The Morgan fingerprint density at radius 3 is 2.66 bits per heavy atom. The van der Waals surface area contributed by atoms with Gasteiger partial charge < -0.3 is 0 Å². The highest BCUT2D eigenvalue weighted by molar-refractivity contribution is 5.54. The Hall–Kier alpha value is -1.18. The summed E-state index contributed by atoms with van der Waals surface area (Å²) in [7, 11) is 0. The van der Waals surface area contributed by atoms with Gasteiger partial charge in [-0.05, 0) is 93.1 Å². The minimum Gasteiger partial charge on any atom is -0.269 e. The Morgan fingerprint density at radius 1 is 1.21 bits per heavy atom. The first-order valence-electron chi connectivity index (χ1n) is 12.2. The Kier molecular flexibility index (Phi) is 7.93. The molecule has 1 nitrogen and oxygen atoms in total. The molecule has 0 aromatic rings. The zero-order chi connectivity index (χ0) is 20.9. The van der Waals surface area contributed by atoms with Crippen LogP contribution in [0.1, 0.15) is 91.9 Å². The number of halogens is 1. The summed E-state index contributed by atoms with van der Waals surface area (Å²) in [4.78, 5) is 4.43. The molecule has 4 unspecified atom stereocenters. The molecule has 4 atom stereocenters. The smallest absolute Gasteiger partial charge is 0.104 e. The summed E-state index contributed by atoms with van der Waals surface area (Å²) in [5, 5.41) is 0. The number of unbranched alkanes of at least 4 members (excludes halogenated alkanes) is 1. The number of aliphatic imine (C=N–C) groups is 1. The number of hydrogen-bond acceptors (Lipinski definition) is 1. The van der Waals surface area contributed by atoms with Crippen LogP contribution in [0.2, 0.25) is 0 Å². The zero-order valence-corrected chi connectivity index (χ0v) is 19.2. The third-order valence-corrected chi connectivity index (χ3v) is 8.23. The summed E-state index contributed by atoms with van der Waals surface area (Å²) in [5.41, 5.74) is 1.89. The van der Waals surface area contributed by atoms with Gasteiger partial charge >= 0.3 is 0 Å². The van der Waals surface area contributed by atoms with Crippen LogP contribution in [0, 0.1) is 35.0 Å². The van der Waals surface area contributed by atoms with E-state index in [9.17, 15) is 4.39 Å². The fourth-order valence-electron chi connectivity index (χ4n) is 6.32. The standard InChI is InChI=1S/C27H42FN/c1-5-7-15-27(4)16-13-21(14-17-27)22-11-12-23(19-29-6-2)24-9-8-10-25(28)26(24)20(3)18-22/h6,8-10,19-22,24,26H,5,7,11-18H2,1-4H3/b23-19+,29-6?. The van der Waals surface area contributed by atoms with Crippen molar-refractivity contribution in [1.82, 2.24) is 0 Å². The number of hydrogen-bond donors (Lipinski definition) is 0. The Balaban J connectivity index is 1.73. The van der Waals surface area contributed by atoms with Gasteiger partial charge in [0.1, 0.15) is 5.83 Å². The molecular weight excluding hydrogens is 357 g/mol. The Morgan fingerprint density at radius 2 is 1.97 bits per heavy atom. The zero-order valence-electron chi connectivity index (χ0n) is 19.2. The highest BCUT2D eigenvalue weighted by Crippen LogP contribution is 2.50. The highest BCUT2D eigenvalue weighted by atomic mass is 19.1. The van der Waals surface area contributed by atoms with Gasteiger partial charge in [0, 0.05) is 24.3 Å². The van der Waals surface area contributed by atoms with Crippen LogP contribution in [0.5, 0.6) is 0 Å². The molecule has 0 amide bonds. The van der Waals surface area contributed by atoms with E-state index in [1.807, 2.05) is 25.4 Å². The van der Waals surface area contributed by atoms with Crippen LogP contribution in [-0.2, 0) is 0 Å². The maximum Gasteiger partial charge on any atom is 0.104 e. The average Bonchev–Trinajstić information content (AvgIpc) is 2.70. The first kappa shape index (κ1) is 22.5. The molecule has 0 saturated heterocycles. The monoisotopic (exact) mass is 399 g/mol. The minimum atomic E-state index is -0.000447. The van der Waals surface area contributed by atoms with Crippen molar-refractivity contribution < 1.29 is 4.39 Å². The molecule has 3 rings (SSSR count). The van der Waals surface area contributed by atoms with Crippen molar-refractivity contribution in [2.75, 3.05) is 0 Å². The molecule has 0 heterocycles. The van der Waals surface area contributed by atoms with E-state index < -0.39 is 0 Å². The van der Waals surface area contributed by atoms with E-state index in [2.05, 4.69) is 31.8 Å². The molecule has 0 aromatic carbocycles. The van der Waals surface area contributed by atoms with Gasteiger partial charge in [0.15, 0.2) is 0 Å². The van der Waals surface area contributed by atoms with Gasteiger partial charge in [-0.15, -0.1) is 0 Å². The third-order valence-electron chi connectivity index (χ3n) is 8.23. The summed E-state index contributed by atoms with van der Waals surface area (Å²) in [6.07, 6.45) is 22.8. The predicted molar refractivity (Wildman–Crippen MR) is 124 cm³/mol. The van der Waals surface area contributed by atoms with Crippen molar-refractivity contribution in [3.05, 3.63) is 35.8 Å². The van der Waals surface area contributed by atoms with Gasteiger partial charge in [-0.1, -0.05) is 45.8 Å². The van der Waals surface area contributed by atoms with E-state index in [4.69, 9.17) is 0 Å². The first-order valence-corrected chi connectivity index (χ1v) is 12.2. The largest absolute Gasteiger partial charge is 0.269 e. The molecule has 0 radical (unpaired) electrons. The van der Waals surface area contributed by atoms with Crippen LogP contribution in [0.4, 0.5) is 4.39 Å². The molecule has 2 saturated carbocycles. The lowest BCUT2D eigenvalue weighted by Crippen LogP contribution is -2.33. The second-order valence-corrected chi connectivity index (χ2v) is 10.4. The highest BCUT2D eigenvalue weighted by Gasteiger charge is 2.39. The van der Waals surface area contributed by atoms with Crippen LogP contribution in [0.25, 0.3) is 0 Å². The lowest BCUT2D eigenvalue weighted by molar-refractivity contribution is 0.0959. The van der Waals surface area contributed by atoms with Gasteiger partial charge in [0.2, 0.25) is 0 Å². The first-order chi connectivity index (χ1) is 14.0. The maximum absolute atomic E-state index is 14.9. The van der Waals surface area contributed by atoms with E-state index in [-0.39, 0.29) is 17.7 Å². The van der Waals surface area contributed by atoms with Gasteiger partial charge in [0.25, 0.3) is 0 Å². The number of allylic oxidation sites excluding steroid dienone is 5. The molecular formula is C27H42FN. The molecule has 3 aliphatic carbocycles. The summed E-state index contributed by atoms with van der Waals surface area (Å²) in [5.74, 6) is 2.20. The molecule has 29 heavy (non-hydrogen) atoms. The number of fused-ring (bicyclic) bond motifs is 1. The number of nitrogens with zero attached hydrogens (tertiary/aromatic N) is 1. The lowest BCUT2D eigenvalue weighted by atomic mass is 9.62. The van der Waals surface area contributed by atoms with Crippen LogP contribution in [0.3, 0.4) is 0 Å². The Labute approximate surface area is 178 Å². The van der Waals surface area contributed by atoms with Crippen molar-refractivity contribution in [3.8, 4) is 0 Å². The lowest BCUT2D eigenvalue weighted by Gasteiger charge is -2.43. The quantitative estimate of drug-likeness (QED) is 0.411. The maximum atomic E-state index is 14.9. The SMILES string of the molecule is CC=N/C=C1\CCC(C2CCC(C)(CCCC)CC2)CC(C)C2C(F)=CC=CC12. The van der Waals surface area contributed by atoms with Gasteiger partial charge in [0.05, 0.1) is 0 Å².